The van der Waals surface area contributed by atoms with E-state index < -0.39 is 17.7 Å². The number of aryl methyl sites for hydroxylation is 1. The van der Waals surface area contributed by atoms with E-state index >= 15 is 0 Å². The molecule has 11 heteroatoms. The van der Waals surface area contributed by atoms with E-state index in [0.717, 1.165) is 64.5 Å². The third kappa shape index (κ3) is 7.69. The summed E-state index contributed by atoms with van der Waals surface area (Å²) >= 11 is 5.02. The molecule has 4 heterocycles. The van der Waals surface area contributed by atoms with E-state index in [2.05, 4.69) is 34.3 Å². The third-order valence-electron chi connectivity index (χ3n) is 8.41. The molecule has 0 aliphatic carbocycles. The highest BCUT2D eigenvalue weighted by Gasteiger charge is 2.38. The van der Waals surface area contributed by atoms with Crippen molar-refractivity contribution in [2.75, 3.05) is 24.6 Å². The highest BCUT2D eigenvalue weighted by Crippen LogP contribution is 2.41. The average Bonchev–Trinajstić information content (AvgIpc) is 3.63. The first-order valence-electron chi connectivity index (χ1n) is 15.8. The number of anilines is 1. The number of esters is 1. The molecule has 0 saturated carbocycles. The molecule has 246 valence electrons. The van der Waals surface area contributed by atoms with E-state index in [1.165, 1.54) is 12.1 Å². The van der Waals surface area contributed by atoms with Crippen molar-refractivity contribution >= 4 is 44.7 Å². The number of rotatable bonds is 11. The van der Waals surface area contributed by atoms with Gasteiger partial charge in [-0.2, -0.15) is 9.61 Å². The quantitative estimate of drug-likeness (QED) is 0.114. The molecule has 0 amide bonds. The van der Waals surface area contributed by atoms with Crippen LogP contribution in [-0.4, -0.2) is 50.8 Å². The summed E-state index contributed by atoms with van der Waals surface area (Å²) in [5, 5.41) is 5.82. The number of nitrogens with zero attached hydrogens (tertiary/aromatic N) is 5. The summed E-state index contributed by atoms with van der Waals surface area (Å²) in [5.41, 5.74) is 3.29. The summed E-state index contributed by atoms with van der Waals surface area (Å²) in [6.45, 7) is 17.6. The largest absolute Gasteiger partial charge is 0.464 e. The minimum absolute atomic E-state index is 0.209. The van der Waals surface area contributed by atoms with Crippen LogP contribution in [0.5, 0.6) is 0 Å². The van der Waals surface area contributed by atoms with Crippen LogP contribution in [0.25, 0.3) is 16.3 Å². The van der Waals surface area contributed by atoms with Crippen LogP contribution in [0, 0.1) is 18.2 Å². The van der Waals surface area contributed by atoms with Gasteiger partial charge in [0.15, 0.2) is 11.8 Å². The molecule has 1 atom stereocenters. The number of thiazole rings is 1. The molecule has 1 aromatic carbocycles. The first kappa shape index (κ1) is 34.2. The zero-order valence-electron chi connectivity index (χ0n) is 27.5. The van der Waals surface area contributed by atoms with Crippen LogP contribution >= 0.6 is 27.3 Å². The van der Waals surface area contributed by atoms with Gasteiger partial charge in [-0.15, -0.1) is 17.9 Å². The van der Waals surface area contributed by atoms with Crippen LogP contribution in [0.4, 0.5) is 10.2 Å². The Morgan fingerprint density at radius 1 is 1.26 bits per heavy atom. The zero-order chi connectivity index (χ0) is 33.2. The Morgan fingerprint density at radius 2 is 2.00 bits per heavy atom. The lowest BCUT2D eigenvalue weighted by molar-refractivity contribution is -0.166. The van der Waals surface area contributed by atoms with E-state index in [-0.39, 0.29) is 17.8 Å². The molecule has 1 aliphatic heterocycles. The molecule has 4 aromatic rings. The number of carbonyl (C=O) groups is 1. The van der Waals surface area contributed by atoms with Gasteiger partial charge in [0, 0.05) is 46.8 Å². The van der Waals surface area contributed by atoms with Crippen molar-refractivity contribution < 1.29 is 18.7 Å². The molecule has 0 N–H and O–H groups in total. The number of aromatic nitrogens is 4. The molecule has 3 aromatic heterocycles. The van der Waals surface area contributed by atoms with Gasteiger partial charge in [0.25, 0.3) is 0 Å². The summed E-state index contributed by atoms with van der Waals surface area (Å²) in [6, 6.07) is 6.67. The number of carbonyl (C=O) groups excluding carboxylic acids is 1. The fourth-order valence-corrected chi connectivity index (χ4v) is 7.33. The van der Waals surface area contributed by atoms with Gasteiger partial charge in [0.05, 0.1) is 17.8 Å². The molecule has 1 fully saturated rings. The second-order valence-electron chi connectivity index (χ2n) is 13.3. The van der Waals surface area contributed by atoms with Crippen molar-refractivity contribution in [1.29, 1.82) is 0 Å². The Kier molecular flexibility index (Phi) is 10.3. The van der Waals surface area contributed by atoms with Crippen molar-refractivity contribution in [3.05, 3.63) is 75.1 Å². The van der Waals surface area contributed by atoms with Crippen LogP contribution in [0.3, 0.4) is 0 Å². The van der Waals surface area contributed by atoms with E-state index in [0.29, 0.717) is 29.0 Å². The first-order valence-corrected chi connectivity index (χ1v) is 17.4. The van der Waals surface area contributed by atoms with E-state index in [9.17, 15) is 9.18 Å². The molecule has 5 rings (SSSR count). The lowest BCUT2D eigenvalue weighted by Crippen LogP contribution is -2.41. The van der Waals surface area contributed by atoms with Gasteiger partial charge in [-0.3, -0.25) is 0 Å². The van der Waals surface area contributed by atoms with Gasteiger partial charge < -0.3 is 14.4 Å². The van der Waals surface area contributed by atoms with Crippen LogP contribution in [0.1, 0.15) is 88.1 Å². The van der Waals surface area contributed by atoms with Gasteiger partial charge in [-0.1, -0.05) is 35.0 Å². The predicted molar refractivity (Wildman–Crippen MR) is 185 cm³/mol. The van der Waals surface area contributed by atoms with Gasteiger partial charge in [-0.25, -0.2) is 19.2 Å². The molecular formula is C35H43BrFN5O3S. The standard InChI is InChI=1S/C35H43BrFN5O3S/c1-8-10-13-35(7)14-16-41(17-15-35)32-29(30(33(43)44-9-2)45-34(4,5)6)22(3)39-28-20-27(40-42(28)32)31-38-21-25(46-31)18-23-11-12-24(37)19-26(23)36/h8,11-12,19-21,30H,1,9-10,13-18H2,2-7H3/t30-/m0/s1. The lowest BCUT2D eigenvalue weighted by Gasteiger charge is -2.41. The molecule has 1 aliphatic rings. The molecule has 8 nitrogen and oxygen atoms in total. The number of piperidine rings is 1. The van der Waals surface area contributed by atoms with Crippen molar-refractivity contribution in [3.8, 4) is 10.7 Å². The normalized spacial score (nSPS) is 15.7. The number of hydrogen-bond acceptors (Lipinski definition) is 8. The van der Waals surface area contributed by atoms with Crippen LogP contribution < -0.4 is 4.90 Å². The number of hydrogen-bond donors (Lipinski definition) is 0. The maximum atomic E-state index is 13.6. The molecule has 0 unspecified atom stereocenters. The second kappa shape index (κ2) is 13.9. The summed E-state index contributed by atoms with van der Waals surface area (Å²) < 4.78 is 28.2. The Hall–Kier alpha value is -3.15. The summed E-state index contributed by atoms with van der Waals surface area (Å²) in [5.74, 6) is 0.0741. The molecule has 1 saturated heterocycles. The van der Waals surface area contributed by atoms with Crippen LogP contribution in [0.2, 0.25) is 0 Å². The van der Waals surface area contributed by atoms with Crippen molar-refractivity contribution in [1.82, 2.24) is 19.6 Å². The highest BCUT2D eigenvalue weighted by atomic mass is 79.9. The van der Waals surface area contributed by atoms with Crippen molar-refractivity contribution in [3.63, 3.8) is 0 Å². The molecule has 0 radical (unpaired) electrons. The third-order valence-corrected chi connectivity index (χ3v) is 10.2. The number of benzene rings is 1. The van der Waals surface area contributed by atoms with E-state index in [1.54, 1.807) is 24.3 Å². The predicted octanol–water partition coefficient (Wildman–Crippen LogP) is 8.65. The SMILES string of the molecule is C=CCCC1(C)CCN(c2c([C@H](OC(C)(C)C)C(=O)OCC)c(C)nc3cc(-c4ncc(Cc5ccc(F)cc5Br)s4)nn23)CC1. The average molecular weight is 713 g/mol. The lowest BCUT2D eigenvalue weighted by atomic mass is 9.76. The maximum absolute atomic E-state index is 13.6. The van der Waals surface area contributed by atoms with Crippen LogP contribution in [-0.2, 0) is 20.7 Å². The fraction of sp³-hybridized carbons (Fsp3) is 0.486. The number of ether oxygens (including phenoxy) is 2. The van der Waals surface area contributed by atoms with Crippen molar-refractivity contribution in [2.45, 2.75) is 85.4 Å². The smallest absolute Gasteiger partial charge is 0.340 e. The van der Waals surface area contributed by atoms with Gasteiger partial charge in [0.1, 0.15) is 22.3 Å². The first-order chi connectivity index (χ1) is 21.8. The number of halogens is 2. The molecular weight excluding hydrogens is 669 g/mol. The summed E-state index contributed by atoms with van der Waals surface area (Å²) in [4.78, 5) is 26.5. The number of allylic oxidation sites excluding steroid dienone is 1. The Morgan fingerprint density at radius 3 is 2.65 bits per heavy atom. The number of fused-ring (bicyclic) bond motifs is 1. The second-order valence-corrected chi connectivity index (χ2v) is 15.2. The summed E-state index contributed by atoms with van der Waals surface area (Å²) in [6.07, 6.45) is 7.54. The fourth-order valence-electron chi connectivity index (χ4n) is 5.95. The van der Waals surface area contributed by atoms with Gasteiger partial charge >= 0.3 is 5.97 Å². The highest BCUT2D eigenvalue weighted by molar-refractivity contribution is 9.10. The minimum Gasteiger partial charge on any atom is -0.464 e. The Bertz CT molecular complexity index is 1720. The van der Waals surface area contributed by atoms with Crippen LogP contribution in [0.15, 0.2) is 47.6 Å². The Balaban J connectivity index is 1.59. The van der Waals surface area contributed by atoms with Gasteiger partial charge in [-0.05, 0) is 83.4 Å². The van der Waals surface area contributed by atoms with Gasteiger partial charge in [0.2, 0.25) is 0 Å². The van der Waals surface area contributed by atoms with E-state index in [1.807, 2.05) is 50.5 Å². The Labute approximate surface area is 283 Å². The van der Waals surface area contributed by atoms with E-state index in [4.69, 9.17) is 24.5 Å². The summed E-state index contributed by atoms with van der Waals surface area (Å²) in [7, 11) is 0. The minimum atomic E-state index is -0.978. The monoisotopic (exact) mass is 711 g/mol. The van der Waals surface area contributed by atoms with Crippen molar-refractivity contribution in [2.24, 2.45) is 5.41 Å². The maximum Gasteiger partial charge on any atom is 0.340 e. The molecule has 0 bridgehead atoms. The molecule has 0 spiro atoms. The topological polar surface area (TPSA) is 81.8 Å². The zero-order valence-corrected chi connectivity index (χ0v) is 29.9. The molecule has 46 heavy (non-hydrogen) atoms.